The molecule has 0 unspecified atom stereocenters. The largest absolute Gasteiger partial charge is 0.352 e. The third-order valence-corrected chi connectivity index (χ3v) is 5.65. The predicted octanol–water partition coefficient (Wildman–Crippen LogP) is 3.99. The maximum absolute atomic E-state index is 4.35. The van der Waals surface area contributed by atoms with Gasteiger partial charge >= 0.3 is 0 Å². The number of hydrogen-bond acceptors (Lipinski definition) is 3. The van der Waals surface area contributed by atoms with Gasteiger partial charge in [-0.3, -0.25) is 9.89 Å². The van der Waals surface area contributed by atoms with Crippen molar-refractivity contribution < 1.29 is 0 Å². The van der Waals surface area contributed by atoms with Gasteiger partial charge in [0.2, 0.25) is 0 Å². The summed E-state index contributed by atoms with van der Waals surface area (Å²) in [6, 6.07) is 10.9. The normalized spacial score (nSPS) is 16.3. The molecular weight excluding hydrogens is 340 g/mol. The van der Waals surface area contributed by atoms with Crippen LogP contribution in [0.5, 0.6) is 0 Å². The standard InChI is InChI=1S/C21H30N4S/c1-22-21(23-14-18-10-13-26-17-18)24-15-19-8-4-5-9-20(19)16-25-11-6-2-3-7-12-25/h4-5,8-10,13,17H,2-3,6-7,11-12,14-16H2,1H3,(H2,22,23,24). The zero-order valence-electron chi connectivity index (χ0n) is 15.7. The van der Waals surface area contributed by atoms with Crippen LogP contribution in [0.1, 0.15) is 42.4 Å². The molecule has 1 aromatic heterocycles. The molecule has 0 radical (unpaired) electrons. The van der Waals surface area contributed by atoms with Crippen molar-refractivity contribution in [1.82, 2.24) is 15.5 Å². The molecule has 4 nitrogen and oxygen atoms in total. The fourth-order valence-corrected chi connectivity index (χ4v) is 4.07. The summed E-state index contributed by atoms with van der Waals surface area (Å²) < 4.78 is 0. The van der Waals surface area contributed by atoms with Crippen LogP contribution in [-0.2, 0) is 19.6 Å². The zero-order chi connectivity index (χ0) is 18.0. The molecule has 2 heterocycles. The van der Waals surface area contributed by atoms with Crippen LogP contribution in [0.25, 0.3) is 0 Å². The van der Waals surface area contributed by atoms with Crippen molar-refractivity contribution >= 4 is 17.3 Å². The van der Waals surface area contributed by atoms with E-state index in [4.69, 9.17) is 0 Å². The molecular formula is C21H30N4S. The van der Waals surface area contributed by atoms with Crippen molar-refractivity contribution in [2.45, 2.75) is 45.3 Å². The quantitative estimate of drug-likeness (QED) is 0.597. The number of benzene rings is 1. The molecule has 0 atom stereocenters. The van der Waals surface area contributed by atoms with E-state index >= 15 is 0 Å². The summed E-state index contributed by atoms with van der Waals surface area (Å²) >= 11 is 1.72. The Morgan fingerprint density at radius 1 is 1.00 bits per heavy atom. The molecule has 0 aliphatic carbocycles. The van der Waals surface area contributed by atoms with Crippen LogP contribution in [0, 0.1) is 0 Å². The molecule has 2 aromatic rings. The molecule has 0 amide bonds. The van der Waals surface area contributed by atoms with Crippen LogP contribution in [0.15, 0.2) is 46.1 Å². The Kier molecular flexibility index (Phi) is 7.52. The van der Waals surface area contributed by atoms with Crippen molar-refractivity contribution in [3.63, 3.8) is 0 Å². The topological polar surface area (TPSA) is 39.7 Å². The van der Waals surface area contributed by atoms with Crippen LogP contribution in [0.2, 0.25) is 0 Å². The summed E-state index contributed by atoms with van der Waals surface area (Å²) in [5.74, 6) is 0.848. The number of likely N-dealkylation sites (tertiary alicyclic amines) is 1. The monoisotopic (exact) mass is 370 g/mol. The molecule has 1 aliphatic rings. The highest BCUT2D eigenvalue weighted by atomic mass is 32.1. The van der Waals surface area contributed by atoms with Gasteiger partial charge in [-0.1, -0.05) is 37.1 Å². The highest BCUT2D eigenvalue weighted by Crippen LogP contribution is 2.16. The Morgan fingerprint density at radius 3 is 2.42 bits per heavy atom. The second-order valence-corrected chi connectivity index (χ2v) is 7.65. The molecule has 1 aromatic carbocycles. The molecule has 26 heavy (non-hydrogen) atoms. The number of nitrogens with zero attached hydrogens (tertiary/aromatic N) is 2. The van der Waals surface area contributed by atoms with Gasteiger partial charge in [-0.25, -0.2) is 0 Å². The lowest BCUT2D eigenvalue weighted by Gasteiger charge is -2.22. The van der Waals surface area contributed by atoms with E-state index in [2.05, 4.69) is 61.6 Å². The minimum atomic E-state index is 0.799. The molecule has 1 aliphatic heterocycles. The first-order chi connectivity index (χ1) is 12.8. The molecule has 0 saturated carbocycles. The Labute approximate surface area is 161 Å². The van der Waals surface area contributed by atoms with Gasteiger partial charge in [0, 0.05) is 26.7 Å². The average molecular weight is 371 g/mol. The lowest BCUT2D eigenvalue weighted by atomic mass is 10.1. The van der Waals surface area contributed by atoms with Crippen LogP contribution < -0.4 is 10.6 Å². The average Bonchev–Trinajstić information content (AvgIpc) is 3.06. The maximum Gasteiger partial charge on any atom is 0.191 e. The second kappa shape index (κ2) is 10.3. The van der Waals surface area contributed by atoms with Gasteiger partial charge < -0.3 is 10.6 Å². The molecule has 1 fully saturated rings. The van der Waals surface area contributed by atoms with E-state index in [1.54, 1.807) is 11.3 Å². The van der Waals surface area contributed by atoms with E-state index in [1.807, 2.05) is 7.05 Å². The summed E-state index contributed by atoms with van der Waals surface area (Å²) in [7, 11) is 1.83. The number of aliphatic imine (C=N–C) groups is 1. The van der Waals surface area contributed by atoms with Crippen LogP contribution in [-0.4, -0.2) is 31.0 Å². The van der Waals surface area contributed by atoms with Crippen LogP contribution >= 0.6 is 11.3 Å². The number of guanidine groups is 1. The van der Waals surface area contributed by atoms with E-state index in [0.29, 0.717) is 0 Å². The van der Waals surface area contributed by atoms with Gasteiger partial charge in [-0.2, -0.15) is 11.3 Å². The summed E-state index contributed by atoms with van der Waals surface area (Å²) in [4.78, 5) is 6.95. The fraction of sp³-hybridized carbons (Fsp3) is 0.476. The molecule has 0 bridgehead atoms. The third kappa shape index (κ3) is 5.85. The molecule has 0 spiro atoms. The summed E-state index contributed by atoms with van der Waals surface area (Å²) in [6.07, 6.45) is 5.43. The summed E-state index contributed by atoms with van der Waals surface area (Å²) in [6.45, 7) is 5.11. The van der Waals surface area contributed by atoms with Gasteiger partial charge in [0.15, 0.2) is 5.96 Å². The van der Waals surface area contributed by atoms with Gasteiger partial charge in [-0.05, 0) is 59.4 Å². The van der Waals surface area contributed by atoms with Crippen LogP contribution in [0.4, 0.5) is 0 Å². The summed E-state index contributed by atoms with van der Waals surface area (Å²) in [5, 5.41) is 11.1. The van der Waals surface area contributed by atoms with Crippen LogP contribution in [0.3, 0.4) is 0 Å². The minimum Gasteiger partial charge on any atom is -0.352 e. The molecule has 5 heteroatoms. The first-order valence-corrected chi connectivity index (χ1v) is 10.5. The SMILES string of the molecule is CN=C(NCc1ccsc1)NCc1ccccc1CN1CCCCCC1. The van der Waals surface area contributed by atoms with E-state index in [9.17, 15) is 0 Å². The number of thiophene rings is 1. The highest BCUT2D eigenvalue weighted by Gasteiger charge is 2.11. The van der Waals surface area contributed by atoms with Gasteiger partial charge in [-0.15, -0.1) is 0 Å². The van der Waals surface area contributed by atoms with E-state index in [1.165, 1.54) is 55.5 Å². The Balaban J connectivity index is 1.55. The van der Waals surface area contributed by atoms with Crippen molar-refractivity contribution in [1.29, 1.82) is 0 Å². The molecule has 2 N–H and O–H groups in total. The Hall–Kier alpha value is -1.85. The fourth-order valence-electron chi connectivity index (χ4n) is 3.40. The Bertz CT molecular complexity index is 673. The van der Waals surface area contributed by atoms with E-state index in [-0.39, 0.29) is 0 Å². The lowest BCUT2D eigenvalue weighted by molar-refractivity contribution is 0.276. The molecule has 3 rings (SSSR count). The molecule has 140 valence electrons. The van der Waals surface area contributed by atoms with Crippen molar-refractivity contribution in [3.8, 4) is 0 Å². The Morgan fingerprint density at radius 2 is 1.73 bits per heavy atom. The second-order valence-electron chi connectivity index (χ2n) is 6.87. The first kappa shape index (κ1) is 18.9. The van der Waals surface area contributed by atoms with Gasteiger partial charge in [0.25, 0.3) is 0 Å². The summed E-state index contributed by atoms with van der Waals surface area (Å²) in [5.41, 5.74) is 4.07. The number of nitrogens with one attached hydrogen (secondary N) is 2. The first-order valence-electron chi connectivity index (χ1n) is 9.60. The van der Waals surface area contributed by atoms with Crippen molar-refractivity contribution in [2.75, 3.05) is 20.1 Å². The van der Waals surface area contributed by atoms with Gasteiger partial charge in [0.1, 0.15) is 0 Å². The number of hydrogen-bond donors (Lipinski definition) is 2. The maximum atomic E-state index is 4.35. The molecule has 1 saturated heterocycles. The van der Waals surface area contributed by atoms with Crippen molar-refractivity contribution in [3.05, 3.63) is 57.8 Å². The smallest absolute Gasteiger partial charge is 0.191 e. The highest BCUT2D eigenvalue weighted by molar-refractivity contribution is 7.07. The lowest BCUT2D eigenvalue weighted by Crippen LogP contribution is -2.36. The minimum absolute atomic E-state index is 0.799. The van der Waals surface area contributed by atoms with Gasteiger partial charge in [0.05, 0.1) is 0 Å². The number of rotatable bonds is 6. The zero-order valence-corrected chi connectivity index (χ0v) is 16.5. The predicted molar refractivity (Wildman–Crippen MR) is 112 cm³/mol. The third-order valence-electron chi connectivity index (χ3n) is 4.92. The van der Waals surface area contributed by atoms with Crippen molar-refractivity contribution in [2.24, 2.45) is 4.99 Å². The van der Waals surface area contributed by atoms with E-state index < -0.39 is 0 Å². The van der Waals surface area contributed by atoms with E-state index in [0.717, 1.165) is 25.6 Å².